The van der Waals surface area contributed by atoms with E-state index in [1.807, 2.05) is 30.3 Å². The zero-order valence-electron chi connectivity index (χ0n) is 19.9. The van der Waals surface area contributed by atoms with Gasteiger partial charge in [0.2, 0.25) is 0 Å². The maximum absolute atomic E-state index is 15.5. The average Bonchev–Trinajstić information content (AvgIpc) is 2.73. The van der Waals surface area contributed by atoms with Gasteiger partial charge in [-0.2, -0.15) is 0 Å². The predicted octanol–water partition coefficient (Wildman–Crippen LogP) is 4.49. The number of alkyl halides is 1. The summed E-state index contributed by atoms with van der Waals surface area (Å²) in [7, 11) is 0. The van der Waals surface area contributed by atoms with Crippen LogP contribution in [0.25, 0.3) is 10.4 Å². The van der Waals surface area contributed by atoms with Gasteiger partial charge in [-0.3, -0.25) is 9.59 Å². The summed E-state index contributed by atoms with van der Waals surface area (Å²) in [4.78, 5) is 27.5. The summed E-state index contributed by atoms with van der Waals surface area (Å²) in [6.45, 7) is 9.52. The molecule has 0 aromatic heterocycles. The van der Waals surface area contributed by atoms with Crippen LogP contribution in [0.15, 0.2) is 35.4 Å². The molecule has 1 aliphatic rings. The topological polar surface area (TPSA) is 120 Å². The standard InChI is InChI=1S/C23H32FN3O6/c1-22(2,3)20(28)31-13-15-16(24)18(33-21(29)23(4,5)6)17(26-27-25)19(32-15)30-12-14-10-8-7-9-11-14/h7-11,15-19H,12-13H2,1-6H3/t15?,16-,17-,18+,19?/m1/s1. The summed E-state index contributed by atoms with van der Waals surface area (Å²) < 4.78 is 37.7. The summed E-state index contributed by atoms with van der Waals surface area (Å²) in [5.74, 6) is -1.22. The fraction of sp³-hybridized carbons (Fsp3) is 0.652. The van der Waals surface area contributed by atoms with E-state index in [4.69, 9.17) is 24.5 Å². The quantitative estimate of drug-likeness (QED) is 0.253. The molecule has 1 aliphatic heterocycles. The molecule has 182 valence electrons. The van der Waals surface area contributed by atoms with E-state index >= 15 is 4.39 Å². The number of ether oxygens (including phenoxy) is 4. The Bertz CT molecular complexity index is 861. The first-order valence-electron chi connectivity index (χ1n) is 10.7. The number of rotatable bonds is 7. The summed E-state index contributed by atoms with van der Waals surface area (Å²) in [6, 6.07) is 7.86. The van der Waals surface area contributed by atoms with Gasteiger partial charge in [0.25, 0.3) is 0 Å². The lowest BCUT2D eigenvalue weighted by Crippen LogP contribution is -2.59. The smallest absolute Gasteiger partial charge is 0.311 e. The number of azide groups is 1. The van der Waals surface area contributed by atoms with E-state index in [2.05, 4.69) is 10.0 Å². The van der Waals surface area contributed by atoms with Gasteiger partial charge in [-0.25, -0.2) is 4.39 Å². The van der Waals surface area contributed by atoms with Crippen molar-refractivity contribution in [3.63, 3.8) is 0 Å². The molecule has 5 atom stereocenters. The fourth-order valence-corrected chi connectivity index (χ4v) is 2.89. The average molecular weight is 466 g/mol. The van der Waals surface area contributed by atoms with E-state index in [1.54, 1.807) is 41.5 Å². The van der Waals surface area contributed by atoms with Crippen molar-refractivity contribution in [2.45, 2.75) is 78.9 Å². The largest absolute Gasteiger partial charge is 0.462 e. The van der Waals surface area contributed by atoms with Crippen molar-refractivity contribution in [3.8, 4) is 0 Å². The molecule has 1 aromatic rings. The van der Waals surface area contributed by atoms with Crippen LogP contribution in [0.4, 0.5) is 4.39 Å². The Balaban J connectivity index is 2.29. The SMILES string of the molecule is CC(C)(C)C(=O)OCC1OC(OCc2ccccc2)[C@H](N=[N+]=[N-])[C@@H](OC(=O)C(C)(C)C)[C@@H]1F. The normalized spacial score (nSPS) is 25.6. The van der Waals surface area contributed by atoms with Gasteiger partial charge in [0.15, 0.2) is 12.5 Å². The maximum atomic E-state index is 15.5. The minimum atomic E-state index is -1.92. The third-order valence-corrected chi connectivity index (χ3v) is 4.88. The number of carbonyl (C=O) groups excluding carboxylic acids is 2. The Morgan fingerprint density at radius 1 is 1.09 bits per heavy atom. The van der Waals surface area contributed by atoms with Crippen LogP contribution in [0, 0.1) is 10.8 Å². The lowest BCUT2D eigenvalue weighted by molar-refractivity contribution is -0.264. The second-order valence-electron chi connectivity index (χ2n) is 9.95. The first kappa shape index (κ1) is 26.6. The highest BCUT2D eigenvalue weighted by Crippen LogP contribution is 2.32. The van der Waals surface area contributed by atoms with Gasteiger partial charge in [-0.15, -0.1) is 0 Å². The van der Waals surface area contributed by atoms with Crippen molar-refractivity contribution in [3.05, 3.63) is 46.3 Å². The van der Waals surface area contributed by atoms with Crippen LogP contribution in [-0.4, -0.2) is 49.3 Å². The van der Waals surface area contributed by atoms with Crippen molar-refractivity contribution in [1.29, 1.82) is 0 Å². The molecule has 0 radical (unpaired) electrons. The molecule has 1 aromatic carbocycles. The van der Waals surface area contributed by atoms with E-state index in [0.29, 0.717) is 0 Å². The number of hydrogen-bond donors (Lipinski definition) is 0. The molecule has 0 N–H and O–H groups in total. The Labute approximate surface area is 193 Å². The molecule has 0 aliphatic carbocycles. The molecule has 1 heterocycles. The minimum absolute atomic E-state index is 0.0777. The van der Waals surface area contributed by atoms with Gasteiger partial charge >= 0.3 is 11.9 Å². The molecular weight excluding hydrogens is 433 g/mol. The van der Waals surface area contributed by atoms with Crippen LogP contribution in [0.1, 0.15) is 47.1 Å². The number of benzene rings is 1. The molecule has 9 nitrogen and oxygen atoms in total. The van der Waals surface area contributed by atoms with Crippen molar-refractivity contribution in [2.24, 2.45) is 15.9 Å². The Hall–Kier alpha value is -2.68. The zero-order chi connectivity index (χ0) is 24.8. The maximum Gasteiger partial charge on any atom is 0.311 e. The van der Waals surface area contributed by atoms with Gasteiger partial charge < -0.3 is 18.9 Å². The molecule has 1 fully saturated rings. The van der Waals surface area contributed by atoms with Crippen molar-refractivity contribution >= 4 is 11.9 Å². The van der Waals surface area contributed by atoms with Crippen LogP contribution >= 0.6 is 0 Å². The van der Waals surface area contributed by atoms with Crippen LogP contribution in [0.2, 0.25) is 0 Å². The van der Waals surface area contributed by atoms with E-state index < -0.39 is 60.1 Å². The first-order valence-corrected chi connectivity index (χ1v) is 10.7. The van der Waals surface area contributed by atoms with Crippen LogP contribution in [0.3, 0.4) is 0 Å². The number of carbonyl (C=O) groups is 2. The molecule has 2 unspecified atom stereocenters. The van der Waals surface area contributed by atoms with Crippen molar-refractivity contribution in [1.82, 2.24) is 0 Å². The fourth-order valence-electron chi connectivity index (χ4n) is 2.89. The van der Waals surface area contributed by atoms with Gasteiger partial charge in [0.05, 0.1) is 17.4 Å². The van der Waals surface area contributed by atoms with Crippen LogP contribution in [-0.2, 0) is 35.1 Å². The van der Waals surface area contributed by atoms with E-state index in [0.717, 1.165) is 5.56 Å². The van der Waals surface area contributed by atoms with Gasteiger partial charge in [-0.1, -0.05) is 35.4 Å². The lowest BCUT2D eigenvalue weighted by atomic mass is 9.95. The molecule has 33 heavy (non-hydrogen) atoms. The molecule has 0 saturated carbocycles. The Morgan fingerprint density at radius 3 is 2.24 bits per heavy atom. The Kier molecular flexibility index (Phi) is 8.82. The Morgan fingerprint density at radius 2 is 1.70 bits per heavy atom. The van der Waals surface area contributed by atoms with Crippen LogP contribution < -0.4 is 0 Å². The predicted molar refractivity (Wildman–Crippen MR) is 117 cm³/mol. The third-order valence-electron chi connectivity index (χ3n) is 4.88. The summed E-state index contributed by atoms with van der Waals surface area (Å²) >= 11 is 0. The van der Waals surface area contributed by atoms with Crippen molar-refractivity contribution in [2.75, 3.05) is 6.61 Å². The van der Waals surface area contributed by atoms with Crippen LogP contribution in [0.5, 0.6) is 0 Å². The first-order chi connectivity index (χ1) is 15.3. The number of esters is 2. The molecular formula is C23H32FN3O6. The molecule has 0 bridgehead atoms. The van der Waals surface area contributed by atoms with Gasteiger partial charge in [0.1, 0.15) is 24.9 Å². The monoisotopic (exact) mass is 465 g/mol. The summed E-state index contributed by atoms with van der Waals surface area (Å²) in [5, 5.41) is 3.62. The van der Waals surface area contributed by atoms with Gasteiger partial charge in [0, 0.05) is 4.91 Å². The summed E-state index contributed by atoms with van der Waals surface area (Å²) in [6.07, 6.45) is -5.93. The number of hydrogen-bond acceptors (Lipinski definition) is 7. The highest BCUT2D eigenvalue weighted by atomic mass is 19.1. The zero-order valence-corrected chi connectivity index (χ0v) is 19.9. The third kappa shape index (κ3) is 7.42. The second-order valence-corrected chi connectivity index (χ2v) is 9.95. The lowest BCUT2D eigenvalue weighted by Gasteiger charge is -2.41. The molecule has 0 amide bonds. The highest BCUT2D eigenvalue weighted by molar-refractivity contribution is 5.76. The molecule has 2 rings (SSSR count). The molecule has 10 heteroatoms. The van der Waals surface area contributed by atoms with E-state index in [1.165, 1.54) is 0 Å². The number of nitrogens with zero attached hydrogens (tertiary/aromatic N) is 3. The molecule has 0 spiro atoms. The minimum Gasteiger partial charge on any atom is -0.462 e. The summed E-state index contributed by atoms with van der Waals surface area (Å²) in [5.41, 5.74) is 8.15. The van der Waals surface area contributed by atoms with E-state index in [9.17, 15) is 9.59 Å². The van der Waals surface area contributed by atoms with Crippen molar-refractivity contribution < 1.29 is 32.9 Å². The molecule has 1 saturated heterocycles. The van der Waals surface area contributed by atoms with Gasteiger partial charge in [-0.05, 0) is 52.6 Å². The highest BCUT2D eigenvalue weighted by Gasteiger charge is 2.50. The second kappa shape index (κ2) is 11.0. The number of halogens is 1. The van der Waals surface area contributed by atoms with E-state index in [-0.39, 0.29) is 6.61 Å².